The van der Waals surface area contributed by atoms with Gasteiger partial charge in [0.25, 0.3) is 0 Å². The number of ether oxygens (including phenoxy) is 2. The molecule has 1 aromatic rings. The molecule has 1 aromatic carbocycles. The molecule has 0 amide bonds. The average molecular weight is 285 g/mol. The van der Waals surface area contributed by atoms with Gasteiger partial charge in [-0.2, -0.15) is 0 Å². The Morgan fingerprint density at radius 1 is 1.26 bits per heavy atom. The molecule has 0 aliphatic carbocycles. The standard InChI is InChI=1S/C14H23NO3S/c1-17-7-5-15-12-13-3-2-4-14(11-13)19-10-9-18-8-6-16/h2-4,11,15-16H,5-10,12H2,1H3. The second-order valence-electron chi connectivity index (χ2n) is 4.00. The van der Waals surface area contributed by atoms with Gasteiger partial charge in [-0.3, -0.25) is 0 Å². The molecular formula is C14H23NO3S. The molecule has 2 N–H and O–H groups in total. The molecule has 5 heteroatoms. The van der Waals surface area contributed by atoms with Crippen molar-refractivity contribution in [2.24, 2.45) is 0 Å². The number of nitrogens with one attached hydrogen (secondary N) is 1. The molecular weight excluding hydrogens is 262 g/mol. The van der Waals surface area contributed by atoms with E-state index in [1.807, 2.05) is 0 Å². The van der Waals surface area contributed by atoms with Gasteiger partial charge in [0.05, 0.1) is 26.4 Å². The van der Waals surface area contributed by atoms with Crippen molar-refractivity contribution in [3.05, 3.63) is 29.8 Å². The molecule has 108 valence electrons. The van der Waals surface area contributed by atoms with E-state index in [9.17, 15) is 0 Å². The van der Waals surface area contributed by atoms with Crippen molar-refractivity contribution < 1.29 is 14.6 Å². The molecule has 0 spiro atoms. The van der Waals surface area contributed by atoms with Crippen molar-refractivity contribution in [1.29, 1.82) is 0 Å². The highest BCUT2D eigenvalue weighted by Gasteiger charge is 1.97. The lowest BCUT2D eigenvalue weighted by molar-refractivity contribution is 0.103. The van der Waals surface area contributed by atoms with Gasteiger partial charge in [0, 0.05) is 30.8 Å². The Hall–Kier alpha value is -0.590. The van der Waals surface area contributed by atoms with Crippen LogP contribution in [-0.4, -0.2) is 50.9 Å². The van der Waals surface area contributed by atoms with E-state index in [1.165, 1.54) is 10.5 Å². The Bertz CT molecular complexity index is 336. The third-order valence-corrected chi connectivity index (χ3v) is 3.40. The van der Waals surface area contributed by atoms with Gasteiger partial charge >= 0.3 is 0 Å². The largest absolute Gasteiger partial charge is 0.394 e. The molecule has 0 bridgehead atoms. The minimum absolute atomic E-state index is 0.0906. The molecule has 0 radical (unpaired) electrons. The summed E-state index contributed by atoms with van der Waals surface area (Å²) in [6.45, 7) is 3.64. The Morgan fingerprint density at radius 3 is 2.95 bits per heavy atom. The molecule has 0 saturated carbocycles. The van der Waals surface area contributed by atoms with Crippen LogP contribution in [0, 0.1) is 0 Å². The van der Waals surface area contributed by atoms with Crippen molar-refractivity contribution in [1.82, 2.24) is 5.32 Å². The summed E-state index contributed by atoms with van der Waals surface area (Å²) in [6, 6.07) is 8.49. The second-order valence-corrected chi connectivity index (χ2v) is 5.17. The van der Waals surface area contributed by atoms with Crippen molar-refractivity contribution in [3.63, 3.8) is 0 Å². The van der Waals surface area contributed by atoms with Crippen LogP contribution >= 0.6 is 11.8 Å². The molecule has 0 unspecified atom stereocenters. The maximum Gasteiger partial charge on any atom is 0.0698 e. The molecule has 0 heterocycles. The summed E-state index contributed by atoms with van der Waals surface area (Å²) in [7, 11) is 1.71. The van der Waals surface area contributed by atoms with E-state index in [1.54, 1.807) is 18.9 Å². The number of benzene rings is 1. The number of rotatable bonds is 11. The fraction of sp³-hybridized carbons (Fsp3) is 0.571. The molecule has 0 atom stereocenters. The van der Waals surface area contributed by atoms with E-state index in [4.69, 9.17) is 14.6 Å². The maximum atomic E-state index is 8.59. The van der Waals surface area contributed by atoms with Crippen LogP contribution in [0.1, 0.15) is 5.56 Å². The Kier molecular flexibility index (Phi) is 9.75. The van der Waals surface area contributed by atoms with Gasteiger partial charge < -0.3 is 19.9 Å². The van der Waals surface area contributed by atoms with E-state index in [2.05, 4.69) is 29.6 Å². The first kappa shape index (κ1) is 16.5. The van der Waals surface area contributed by atoms with Crippen LogP contribution in [0.4, 0.5) is 0 Å². The predicted octanol–water partition coefficient (Wildman–Crippen LogP) is 1.52. The van der Waals surface area contributed by atoms with E-state index in [-0.39, 0.29) is 6.61 Å². The van der Waals surface area contributed by atoms with Gasteiger partial charge in [-0.05, 0) is 17.7 Å². The first-order valence-corrected chi connectivity index (χ1v) is 7.45. The lowest BCUT2D eigenvalue weighted by Gasteiger charge is -2.07. The predicted molar refractivity (Wildman–Crippen MR) is 78.7 cm³/mol. The monoisotopic (exact) mass is 285 g/mol. The number of thioether (sulfide) groups is 1. The molecule has 0 aliphatic heterocycles. The Balaban J connectivity index is 2.23. The van der Waals surface area contributed by atoms with Gasteiger partial charge in [0.15, 0.2) is 0 Å². The maximum absolute atomic E-state index is 8.59. The summed E-state index contributed by atoms with van der Waals surface area (Å²) in [5.41, 5.74) is 1.28. The average Bonchev–Trinajstić information content (AvgIpc) is 2.44. The quantitative estimate of drug-likeness (QED) is 0.477. The topological polar surface area (TPSA) is 50.7 Å². The third-order valence-electron chi connectivity index (χ3n) is 2.44. The van der Waals surface area contributed by atoms with Crippen molar-refractivity contribution in [3.8, 4) is 0 Å². The fourth-order valence-electron chi connectivity index (χ4n) is 1.54. The van der Waals surface area contributed by atoms with Gasteiger partial charge in [0.1, 0.15) is 0 Å². The molecule has 0 fully saturated rings. The zero-order valence-electron chi connectivity index (χ0n) is 11.4. The highest BCUT2D eigenvalue weighted by atomic mass is 32.2. The van der Waals surface area contributed by atoms with Crippen LogP contribution in [0.15, 0.2) is 29.2 Å². The van der Waals surface area contributed by atoms with Crippen LogP contribution in [0.3, 0.4) is 0 Å². The Labute approximate surface area is 119 Å². The summed E-state index contributed by atoms with van der Waals surface area (Å²) < 4.78 is 10.2. The zero-order valence-corrected chi connectivity index (χ0v) is 12.2. The minimum Gasteiger partial charge on any atom is -0.394 e. The van der Waals surface area contributed by atoms with E-state index in [0.29, 0.717) is 13.2 Å². The molecule has 1 rings (SSSR count). The first-order chi connectivity index (χ1) is 9.36. The minimum atomic E-state index is 0.0906. The molecule has 0 saturated heterocycles. The number of aliphatic hydroxyl groups excluding tert-OH is 1. The molecule has 0 aromatic heterocycles. The SMILES string of the molecule is COCCNCc1cccc(SCCOCCO)c1. The summed E-state index contributed by atoms with van der Waals surface area (Å²) >= 11 is 1.77. The number of hydrogen-bond acceptors (Lipinski definition) is 5. The lowest BCUT2D eigenvalue weighted by atomic mass is 10.2. The van der Waals surface area contributed by atoms with Gasteiger partial charge in [-0.25, -0.2) is 0 Å². The highest BCUT2D eigenvalue weighted by molar-refractivity contribution is 7.99. The van der Waals surface area contributed by atoms with Gasteiger partial charge in [0.2, 0.25) is 0 Å². The number of hydrogen-bond donors (Lipinski definition) is 2. The summed E-state index contributed by atoms with van der Waals surface area (Å²) in [5, 5.41) is 11.9. The summed E-state index contributed by atoms with van der Waals surface area (Å²) in [4.78, 5) is 1.25. The van der Waals surface area contributed by atoms with Crippen LogP contribution in [0.5, 0.6) is 0 Å². The van der Waals surface area contributed by atoms with Gasteiger partial charge in [-0.15, -0.1) is 11.8 Å². The second kappa shape index (κ2) is 11.3. The number of aliphatic hydroxyl groups is 1. The smallest absolute Gasteiger partial charge is 0.0698 e. The van der Waals surface area contributed by atoms with Crippen molar-refractivity contribution in [2.75, 3.05) is 45.8 Å². The van der Waals surface area contributed by atoms with E-state index < -0.39 is 0 Å². The summed E-state index contributed by atoms with van der Waals surface area (Å²) in [5.74, 6) is 0.903. The van der Waals surface area contributed by atoms with Crippen molar-refractivity contribution in [2.45, 2.75) is 11.4 Å². The fourth-order valence-corrected chi connectivity index (χ4v) is 2.38. The van der Waals surface area contributed by atoms with E-state index >= 15 is 0 Å². The van der Waals surface area contributed by atoms with Gasteiger partial charge in [-0.1, -0.05) is 12.1 Å². The van der Waals surface area contributed by atoms with Crippen LogP contribution in [-0.2, 0) is 16.0 Å². The molecule has 0 aliphatic rings. The third kappa shape index (κ3) is 8.23. The van der Waals surface area contributed by atoms with Crippen LogP contribution in [0.25, 0.3) is 0 Å². The van der Waals surface area contributed by atoms with E-state index in [0.717, 1.165) is 25.4 Å². The number of methoxy groups -OCH3 is 1. The first-order valence-electron chi connectivity index (χ1n) is 6.47. The Morgan fingerprint density at radius 2 is 2.16 bits per heavy atom. The highest BCUT2D eigenvalue weighted by Crippen LogP contribution is 2.18. The van der Waals surface area contributed by atoms with Crippen molar-refractivity contribution >= 4 is 11.8 Å². The summed E-state index contributed by atoms with van der Waals surface area (Å²) in [6.07, 6.45) is 0. The van der Waals surface area contributed by atoms with Crippen LogP contribution in [0.2, 0.25) is 0 Å². The normalized spacial score (nSPS) is 10.8. The molecule has 19 heavy (non-hydrogen) atoms. The molecule has 4 nitrogen and oxygen atoms in total. The zero-order chi connectivity index (χ0) is 13.8. The van der Waals surface area contributed by atoms with Crippen LogP contribution < -0.4 is 5.32 Å². The lowest BCUT2D eigenvalue weighted by Crippen LogP contribution is -2.18.